The van der Waals surface area contributed by atoms with Crippen LogP contribution in [0.15, 0.2) is 30.3 Å². The van der Waals surface area contributed by atoms with Gasteiger partial charge in [-0.05, 0) is 32.4 Å². The van der Waals surface area contributed by atoms with Crippen LogP contribution in [0.5, 0.6) is 5.75 Å². The summed E-state index contributed by atoms with van der Waals surface area (Å²) in [6.07, 6.45) is -1.43. The van der Waals surface area contributed by atoms with E-state index in [1.54, 1.807) is 43.0 Å². The van der Waals surface area contributed by atoms with Crippen molar-refractivity contribution in [2.75, 3.05) is 72.2 Å². The molecule has 2 N–H and O–H groups in total. The van der Waals surface area contributed by atoms with Crippen LogP contribution in [0.4, 0.5) is 9.59 Å². The third kappa shape index (κ3) is 9.20. The molecule has 0 spiro atoms. The second-order valence-electron chi connectivity index (χ2n) is 10.8. The molecule has 16 heteroatoms. The van der Waals surface area contributed by atoms with Crippen LogP contribution in [0.2, 0.25) is 0 Å². The molecule has 2 aromatic rings. The molecule has 1 aromatic carbocycles. The van der Waals surface area contributed by atoms with Crippen LogP contribution < -0.4 is 10.1 Å². The van der Waals surface area contributed by atoms with Crippen molar-refractivity contribution in [1.29, 1.82) is 0 Å². The number of nitrogens with one attached hydrogen (secondary N) is 1. The Labute approximate surface area is 271 Å². The van der Waals surface area contributed by atoms with Gasteiger partial charge in [-0.15, -0.1) is 0 Å². The standard InChI is InChI=1S/C31H40N6O10/c1-3-45-30(43)36-15-11-34(12-16-36)26(38)20-47-25-19-24(32-22-8-6-5-7-21(22)25)28(41)33-23(9-10-27(39)40)29(42)35-13-17-37(18-14-35)31(44)46-4-2/h5-8,19,23H,3-4,9-18,20H2,1-2H3,(H,33,41)(H,39,40)/t23-/m0/s1. The number of carbonyl (C=O) groups is 6. The fraction of sp³-hybridized carbons (Fsp3) is 0.516. The summed E-state index contributed by atoms with van der Waals surface area (Å²) >= 11 is 0. The van der Waals surface area contributed by atoms with Crippen molar-refractivity contribution in [3.05, 3.63) is 36.0 Å². The topological polar surface area (TPSA) is 188 Å². The molecule has 254 valence electrons. The van der Waals surface area contributed by atoms with Gasteiger partial charge in [0.15, 0.2) is 6.61 Å². The summed E-state index contributed by atoms with van der Waals surface area (Å²) in [5.41, 5.74) is 0.323. The number of piperazine rings is 2. The first-order valence-electron chi connectivity index (χ1n) is 15.6. The Bertz CT molecular complexity index is 1470. The summed E-state index contributed by atoms with van der Waals surface area (Å²) in [6, 6.07) is 7.10. The maximum atomic E-state index is 13.5. The average molecular weight is 657 g/mol. The van der Waals surface area contributed by atoms with Gasteiger partial charge < -0.3 is 44.2 Å². The number of nitrogens with zero attached hydrogens (tertiary/aromatic N) is 5. The van der Waals surface area contributed by atoms with E-state index in [0.29, 0.717) is 37.1 Å². The van der Waals surface area contributed by atoms with Crippen LogP contribution in [0.3, 0.4) is 0 Å². The highest BCUT2D eigenvalue weighted by Gasteiger charge is 2.31. The minimum Gasteiger partial charge on any atom is -0.483 e. The van der Waals surface area contributed by atoms with E-state index in [-0.39, 0.29) is 76.2 Å². The minimum atomic E-state index is -1.17. The SMILES string of the molecule is CCOC(=O)N1CCN(C(=O)COc2cc(C(=O)N[C@@H](CCC(=O)O)C(=O)N3CCN(C(=O)OCC)CC3)nc3ccccc23)CC1. The number of pyridine rings is 1. The first-order valence-corrected chi connectivity index (χ1v) is 15.6. The first-order chi connectivity index (χ1) is 22.6. The molecule has 2 aliphatic heterocycles. The third-order valence-corrected chi connectivity index (χ3v) is 7.79. The van der Waals surface area contributed by atoms with Gasteiger partial charge in [-0.2, -0.15) is 0 Å². The molecule has 1 aromatic heterocycles. The number of hydrogen-bond acceptors (Lipinski definition) is 10. The van der Waals surface area contributed by atoms with E-state index in [2.05, 4.69) is 10.3 Å². The zero-order chi connectivity index (χ0) is 33.9. The largest absolute Gasteiger partial charge is 0.483 e. The van der Waals surface area contributed by atoms with Gasteiger partial charge in [-0.1, -0.05) is 12.1 Å². The Morgan fingerprint density at radius 1 is 0.830 bits per heavy atom. The number of aliphatic carboxylic acids is 1. The highest BCUT2D eigenvalue weighted by Crippen LogP contribution is 2.26. The van der Waals surface area contributed by atoms with Gasteiger partial charge in [0.1, 0.15) is 17.5 Å². The molecule has 5 amide bonds. The molecule has 4 rings (SSSR count). The molecule has 2 fully saturated rings. The summed E-state index contributed by atoms with van der Waals surface area (Å²) < 4.78 is 15.9. The molecule has 2 saturated heterocycles. The smallest absolute Gasteiger partial charge is 0.409 e. The molecule has 47 heavy (non-hydrogen) atoms. The van der Waals surface area contributed by atoms with Crippen LogP contribution in [-0.4, -0.2) is 144 Å². The number of carbonyl (C=O) groups excluding carboxylic acids is 5. The van der Waals surface area contributed by atoms with Crippen LogP contribution in [0.1, 0.15) is 37.2 Å². The Balaban J connectivity index is 1.44. The third-order valence-electron chi connectivity index (χ3n) is 7.79. The fourth-order valence-corrected chi connectivity index (χ4v) is 5.27. The Morgan fingerprint density at radius 3 is 1.96 bits per heavy atom. The molecule has 2 aliphatic rings. The van der Waals surface area contributed by atoms with E-state index < -0.39 is 36.0 Å². The van der Waals surface area contributed by atoms with Crippen molar-refractivity contribution in [2.24, 2.45) is 0 Å². The predicted octanol–water partition coefficient (Wildman–Crippen LogP) is 1.18. The molecular weight excluding hydrogens is 616 g/mol. The van der Waals surface area contributed by atoms with Gasteiger partial charge in [-0.25, -0.2) is 14.6 Å². The first kappa shape index (κ1) is 34.7. The summed E-state index contributed by atoms with van der Waals surface area (Å²) in [6.45, 7) is 5.72. The number of rotatable bonds is 11. The average Bonchev–Trinajstić information content (AvgIpc) is 3.08. The molecule has 0 bridgehead atoms. The van der Waals surface area contributed by atoms with E-state index in [1.165, 1.54) is 20.8 Å². The van der Waals surface area contributed by atoms with Crippen LogP contribution in [-0.2, 0) is 23.9 Å². The summed E-state index contributed by atoms with van der Waals surface area (Å²) in [4.78, 5) is 85.8. The minimum absolute atomic E-state index is 0.0885. The molecule has 0 radical (unpaired) electrons. The Hall–Kier alpha value is -5.15. The second kappa shape index (κ2) is 16.4. The second-order valence-corrected chi connectivity index (χ2v) is 10.8. The summed E-state index contributed by atoms with van der Waals surface area (Å²) in [5.74, 6) is -2.41. The zero-order valence-corrected chi connectivity index (χ0v) is 26.5. The van der Waals surface area contributed by atoms with Crippen LogP contribution in [0.25, 0.3) is 10.9 Å². The van der Waals surface area contributed by atoms with Gasteiger partial charge in [0.25, 0.3) is 11.8 Å². The van der Waals surface area contributed by atoms with Crippen molar-refractivity contribution in [3.63, 3.8) is 0 Å². The zero-order valence-electron chi connectivity index (χ0n) is 26.5. The Morgan fingerprint density at radius 2 is 1.38 bits per heavy atom. The highest BCUT2D eigenvalue weighted by molar-refractivity contribution is 5.99. The summed E-state index contributed by atoms with van der Waals surface area (Å²) in [7, 11) is 0. The quantitative estimate of drug-likeness (QED) is 0.353. The lowest BCUT2D eigenvalue weighted by Crippen LogP contribution is -2.56. The van der Waals surface area contributed by atoms with Crippen molar-refractivity contribution in [1.82, 2.24) is 29.9 Å². The molecule has 0 saturated carbocycles. The normalized spacial score (nSPS) is 15.5. The van der Waals surface area contributed by atoms with Crippen molar-refractivity contribution >= 4 is 46.8 Å². The maximum Gasteiger partial charge on any atom is 0.409 e. The number of benzene rings is 1. The van der Waals surface area contributed by atoms with Crippen molar-refractivity contribution < 1.29 is 48.1 Å². The molecule has 1 atom stereocenters. The maximum absolute atomic E-state index is 13.5. The van der Waals surface area contributed by atoms with Crippen LogP contribution >= 0.6 is 0 Å². The Kier molecular flexibility index (Phi) is 12.1. The number of hydrogen-bond donors (Lipinski definition) is 2. The van der Waals surface area contributed by atoms with Gasteiger partial charge in [-0.3, -0.25) is 19.2 Å². The number of para-hydroxylation sites is 1. The fourth-order valence-electron chi connectivity index (χ4n) is 5.27. The molecule has 0 unspecified atom stereocenters. The monoisotopic (exact) mass is 656 g/mol. The lowest BCUT2D eigenvalue weighted by molar-refractivity contribution is -0.138. The van der Waals surface area contributed by atoms with Gasteiger partial charge in [0.05, 0.1) is 18.7 Å². The van der Waals surface area contributed by atoms with Gasteiger partial charge >= 0.3 is 18.2 Å². The lowest BCUT2D eigenvalue weighted by Gasteiger charge is -2.35. The van der Waals surface area contributed by atoms with E-state index in [0.717, 1.165) is 0 Å². The number of ether oxygens (including phenoxy) is 3. The molecule has 16 nitrogen and oxygen atoms in total. The number of carboxylic acids is 1. The highest BCUT2D eigenvalue weighted by atomic mass is 16.6. The van der Waals surface area contributed by atoms with E-state index in [9.17, 15) is 33.9 Å². The molecule has 0 aliphatic carbocycles. The van der Waals surface area contributed by atoms with Gasteiger partial charge in [0.2, 0.25) is 5.91 Å². The van der Waals surface area contributed by atoms with Crippen molar-refractivity contribution in [3.8, 4) is 5.75 Å². The molecule has 3 heterocycles. The summed E-state index contributed by atoms with van der Waals surface area (Å²) in [5, 5.41) is 12.5. The number of aromatic nitrogens is 1. The number of amides is 5. The number of fused-ring (bicyclic) bond motifs is 1. The van der Waals surface area contributed by atoms with E-state index in [4.69, 9.17) is 14.2 Å². The van der Waals surface area contributed by atoms with E-state index >= 15 is 0 Å². The van der Waals surface area contributed by atoms with Crippen LogP contribution in [0, 0.1) is 0 Å². The number of carboxylic acid groups (broad SMARTS) is 1. The molecular formula is C31H40N6O10. The lowest BCUT2D eigenvalue weighted by atomic mass is 10.1. The van der Waals surface area contributed by atoms with E-state index in [1.807, 2.05) is 0 Å². The predicted molar refractivity (Wildman–Crippen MR) is 166 cm³/mol. The van der Waals surface area contributed by atoms with Crippen molar-refractivity contribution in [2.45, 2.75) is 32.7 Å². The van der Waals surface area contributed by atoms with Gasteiger partial charge in [0, 0.05) is 70.2 Å².